The Morgan fingerprint density at radius 2 is 1.13 bits per heavy atom. The Morgan fingerprint density at radius 1 is 0.630 bits per heavy atom. The Morgan fingerprint density at radius 3 is 1.64 bits per heavy atom. The minimum atomic E-state index is -5.86. The highest BCUT2D eigenvalue weighted by Crippen LogP contribution is 2.50. The zero-order valence-corrected chi connectivity index (χ0v) is 67.1. The molecule has 6 aromatic rings. The molecule has 1 aliphatic carbocycles. The quantitative estimate of drug-likeness (QED) is 0.0186. The number of ether oxygens (including phenoxy) is 8. The van der Waals surface area contributed by atoms with E-state index in [1.807, 2.05) is 72.7 Å². The molecule has 1 N–H and O–H groups in total. The third-order valence-electron chi connectivity index (χ3n) is 20.7. The number of hydrogen-bond donors (Lipinski definition) is 1. The van der Waals surface area contributed by atoms with E-state index in [1.54, 1.807) is 39.8 Å². The van der Waals surface area contributed by atoms with E-state index in [4.69, 9.17) is 38.3 Å². The molecule has 8 atom stereocenters. The lowest BCUT2D eigenvalue weighted by molar-refractivity contribution is -0.170. The molecule has 11 rings (SSSR count). The Bertz CT molecular complexity index is 4100. The van der Waals surface area contributed by atoms with Crippen LogP contribution in [0.2, 0.25) is 0 Å². The van der Waals surface area contributed by atoms with Gasteiger partial charge in [-0.05, 0) is 248 Å². The molecular weight excluding hydrogens is 1440 g/mol. The maximum Gasteiger partial charge on any atom is 0.416 e. The molecule has 4 heterocycles. The van der Waals surface area contributed by atoms with Gasteiger partial charge >= 0.3 is 41.3 Å². The summed E-state index contributed by atoms with van der Waals surface area (Å²) >= 11 is 0. The molecule has 3 fully saturated rings. The first-order chi connectivity index (χ1) is 50.2. The van der Waals surface area contributed by atoms with Crippen molar-refractivity contribution in [2.75, 3.05) is 0 Å². The van der Waals surface area contributed by atoms with Crippen LogP contribution in [0.4, 0.5) is 22.0 Å². The van der Waals surface area contributed by atoms with Gasteiger partial charge in [0.25, 0.3) is 0 Å². The molecule has 5 aliphatic rings. The van der Waals surface area contributed by atoms with Crippen LogP contribution in [0, 0.1) is 27.6 Å². The predicted molar refractivity (Wildman–Crippen MR) is 402 cm³/mol. The highest BCUT2D eigenvalue weighted by atomic mass is 32.2. The van der Waals surface area contributed by atoms with Crippen molar-refractivity contribution in [1.82, 2.24) is 0 Å². The normalized spacial score (nSPS) is 19.7. The van der Waals surface area contributed by atoms with E-state index in [-0.39, 0.29) is 64.2 Å². The predicted octanol–water partition coefficient (Wildman–Crippen LogP) is 19.8. The summed E-state index contributed by atoms with van der Waals surface area (Å²) in [5.41, 5.74) is -1.49. The Balaban J connectivity index is 0.000000204. The van der Waals surface area contributed by atoms with E-state index in [0.717, 1.165) is 36.2 Å². The largest absolute Gasteiger partial charge is 0.743 e. The summed E-state index contributed by atoms with van der Waals surface area (Å²) in [7, 11) is -5.94. The molecule has 6 aromatic carbocycles. The van der Waals surface area contributed by atoms with Crippen LogP contribution < -0.4 is 14.2 Å². The number of carbonyl (C=O) groups excluding carboxylic acids is 5. The molecule has 0 spiro atoms. The van der Waals surface area contributed by atoms with Gasteiger partial charge in [-0.25, -0.2) is 8.42 Å². The van der Waals surface area contributed by atoms with Crippen LogP contribution in [0.5, 0.6) is 28.7 Å². The molecular formula is C84H107F5O17S2. The van der Waals surface area contributed by atoms with Crippen LogP contribution in [0.25, 0.3) is 0 Å². The second kappa shape index (κ2) is 36.2. The summed E-state index contributed by atoms with van der Waals surface area (Å²) < 4.78 is 139. The number of para-hydroxylation sites is 2. The minimum absolute atomic E-state index is 0.0715. The lowest BCUT2D eigenvalue weighted by Crippen LogP contribution is -2.44. The average Bonchev–Trinajstić information content (AvgIpc) is 1.56. The van der Waals surface area contributed by atoms with Gasteiger partial charge in [0, 0.05) is 0 Å². The van der Waals surface area contributed by atoms with Gasteiger partial charge in [-0.1, -0.05) is 109 Å². The van der Waals surface area contributed by atoms with Gasteiger partial charge in [-0.2, -0.15) is 22.0 Å². The van der Waals surface area contributed by atoms with Gasteiger partial charge in [0.2, 0.25) is 9.79 Å². The van der Waals surface area contributed by atoms with E-state index < -0.39 is 78.7 Å². The zero-order chi connectivity index (χ0) is 80.9. The third kappa shape index (κ3) is 22.3. The molecule has 108 heavy (non-hydrogen) atoms. The lowest BCUT2D eigenvalue weighted by atomic mass is 9.87. The summed E-state index contributed by atoms with van der Waals surface area (Å²) in [6, 6.07) is 45.6. The number of phenolic OH excluding ortho intramolecular Hbond substituents is 1. The van der Waals surface area contributed by atoms with Gasteiger partial charge in [-0.15, -0.1) is 0 Å². The molecule has 3 saturated heterocycles. The van der Waals surface area contributed by atoms with E-state index in [0.29, 0.717) is 68.2 Å². The first kappa shape index (κ1) is 88.8. The van der Waals surface area contributed by atoms with Gasteiger partial charge in [-0.3, -0.25) is 24.0 Å². The second-order valence-corrected chi connectivity index (χ2v) is 34.3. The van der Waals surface area contributed by atoms with Gasteiger partial charge in [0.05, 0.1) is 39.2 Å². The standard InChI is InChI=1S/C18H13OS.C17H21F3O2.C15H24O.C13H18O5.C12H16O3.C9H16F2O5S/c1-2-8-14(9-3-1)20-17-12-6-4-10-15(17)19-16-11-5-7-13-18(16)20;1-5-15(2,3)14(21)22-16(4)9-8-11-10-12(17(18,19)20)6-7-13(11)16;1-6-12(3)13-8-10-14(11-9-13)16-15(4,5)7-2;1-4-13(2,3)12(15)18-9-7-5-6-8(16-7)10(9)17-11(6)14;1-4-12(2,3)11(14)15-10-7-5-9(13)6-8-10;1-5-8(3,4)7(12)16-6(2)9(10,11)17(13,14)15/h1-13H;6-7,10H,5,8-9H2,1-4H3;8-12H,6-7H2,1-5H3;6-10H,4-5H2,1-3H3;5-8,13H,4H2,1-3H3;6H,5H2,1-4H3,(H,13,14,15)/q+1;;;;;/p-1. The van der Waals surface area contributed by atoms with Gasteiger partial charge in [0.15, 0.2) is 44.8 Å². The number of aromatic hydroxyl groups is 1. The summed E-state index contributed by atoms with van der Waals surface area (Å²) in [4.78, 5) is 62.8. The van der Waals surface area contributed by atoms with Crippen LogP contribution in [0.3, 0.4) is 0 Å². The summed E-state index contributed by atoms with van der Waals surface area (Å²) in [6.45, 7) is 34.7. The topological polar surface area (TPSA) is 237 Å². The first-order valence-corrected chi connectivity index (χ1v) is 39.3. The lowest BCUT2D eigenvalue weighted by Gasteiger charge is -2.31. The smallest absolute Gasteiger partial charge is 0.416 e. The number of esters is 5. The Hall–Kier alpha value is -8.06. The molecule has 4 aliphatic heterocycles. The molecule has 0 radical (unpaired) electrons. The summed E-state index contributed by atoms with van der Waals surface area (Å²) in [6.07, 6.45) is -1.65. The molecule has 0 aromatic heterocycles. The van der Waals surface area contributed by atoms with Crippen molar-refractivity contribution in [1.29, 1.82) is 0 Å². The number of phenols is 1. The molecule has 0 amide bonds. The second-order valence-electron chi connectivity index (χ2n) is 30.8. The van der Waals surface area contributed by atoms with Crippen molar-refractivity contribution < 1.29 is 102 Å². The zero-order valence-electron chi connectivity index (χ0n) is 65.4. The number of carbonyl (C=O) groups is 5. The van der Waals surface area contributed by atoms with Crippen molar-refractivity contribution in [3.05, 3.63) is 168 Å². The molecule has 17 nitrogen and oxygen atoms in total. The number of rotatable bonds is 20. The van der Waals surface area contributed by atoms with Crippen molar-refractivity contribution in [3.63, 3.8) is 0 Å². The maximum atomic E-state index is 13.0. The van der Waals surface area contributed by atoms with Crippen LogP contribution in [0.1, 0.15) is 211 Å². The monoisotopic (exact) mass is 1550 g/mol. The first-order valence-electron chi connectivity index (χ1n) is 36.7. The number of fused-ring (bicyclic) bond motifs is 4. The van der Waals surface area contributed by atoms with Crippen LogP contribution in [-0.4, -0.2) is 89.3 Å². The maximum absolute atomic E-state index is 13.0. The van der Waals surface area contributed by atoms with Crippen molar-refractivity contribution >= 4 is 50.9 Å². The van der Waals surface area contributed by atoms with Crippen LogP contribution in [0.15, 0.2) is 160 Å². The Labute approximate surface area is 636 Å². The van der Waals surface area contributed by atoms with Crippen molar-refractivity contribution in [2.24, 2.45) is 27.6 Å². The van der Waals surface area contributed by atoms with Crippen LogP contribution in [-0.2, 0) is 86.9 Å². The van der Waals surface area contributed by atoms with Crippen molar-refractivity contribution in [2.45, 2.75) is 263 Å². The molecule has 8 unspecified atom stereocenters. The highest BCUT2D eigenvalue weighted by molar-refractivity contribution is 7.97. The van der Waals surface area contributed by atoms with E-state index in [2.05, 4.69) is 118 Å². The molecule has 24 heteroatoms. The minimum Gasteiger partial charge on any atom is -0.743 e. The van der Waals surface area contributed by atoms with Gasteiger partial charge in [0.1, 0.15) is 45.4 Å². The molecule has 0 saturated carbocycles. The summed E-state index contributed by atoms with van der Waals surface area (Å²) in [5.74, 6) is 2.02. The fourth-order valence-corrected chi connectivity index (χ4v) is 13.7. The number of alkyl halides is 5. The van der Waals surface area contributed by atoms with Crippen molar-refractivity contribution in [3.8, 4) is 28.7 Å². The molecule has 592 valence electrons. The SMILES string of the molecule is CCC(C)(C)C(=O)OC(C)C(F)(F)S(=O)(=O)[O-].CCC(C)(C)C(=O)OC1(C)CCc2cc(C(F)(F)F)ccc21.CCC(C)(C)C(=O)OC1C2CC3C(=O)OC1C3O2.CCC(C)(C)C(=O)Oc1ccc(O)cc1.CCC(C)c1ccc(OC(C)(C)CC)cc1.c1ccc([S+]2c3ccccc3Oc3ccccc32)cc1. The summed E-state index contributed by atoms with van der Waals surface area (Å²) in [5, 5.41) is 4.42. The highest BCUT2D eigenvalue weighted by Gasteiger charge is 2.65. The third-order valence-corrected chi connectivity index (χ3v) is 24.0. The van der Waals surface area contributed by atoms with E-state index >= 15 is 0 Å². The van der Waals surface area contributed by atoms with Gasteiger partial charge < -0.3 is 47.6 Å². The van der Waals surface area contributed by atoms with E-state index in [9.17, 15) is 58.9 Å². The number of hydrogen-bond acceptors (Lipinski definition) is 17. The number of aryl methyl sites for hydroxylation is 1. The average molecular weight is 1550 g/mol. The fourth-order valence-electron chi connectivity index (χ4n) is 11.0. The van der Waals surface area contributed by atoms with Crippen LogP contribution >= 0.6 is 0 Å². The number of benzene rings is 6. The molecule has 2 bridgehead atoms. The number of halogens is 5. The fraction of sp³-hybridized carbons (Fsp3) is 0.512. The van der Waals surface area contributed by atoms with E-state index in [1.165, 1.54) is 64.8 Å². The Kier molecular flexibility index (Phi) is 29.8.